The number of nitrogens with one attached hydrogen (secondary N) is 1. The number of β-lactam (4-membered cyclic amide) rings is 1. The Kier molecular flexibility index (Phi) is 4.09. The van der Waals surface area contributed by atoms with Gasteiger partial charge in [-0.15, -0.1) is 11.8 Å². The molecular formula is C12H13N3O5S. The molecule has 0 aromatic carbocycles. The van der Waals surface area contributed by atoms with Crippen LogP contribution >= 0.6 is 11.8 Å². The lowest BCUT2D eigenvalue weighted by Crippen LogP contribution is -2.70. The van der Waals surface area contributed by atoms with E-state index in [0.29, 0.717) is 5.75 Å². The third-order valence-corrected chi connectivity index (χ3v) is 4.52. The molecule has 0 aromatic rings. The van der Waals surface area contributed by atoms with Crippen LogP contribution in [0.3, 0.4) is 0 Å². The van der Waals surface area contributed by atoms with Crippen molar-refractivity contribution in [1.82, 2.24) is 10.2 Å². The highest BCUT2D eigenvalue weighted by molar-refractivity contribution is 8.00. The van der Waals surface area contributed by atoms with Crippen molar-refractivity contribution in [3.63, 3.8) is 0 Å². The topological polar surface area (TPSA) is 120 Å². The van der Waals surface area contributed by atoms with Crippen LogP contribution in [0.2, 0.25) is 0 Å². The Morgan fingerprint density at radius 2 is 2.29 bits per heavy atom. The summed E-state index contributed by atoms with van der Waals surface area (Å²) in [5.41, 5.74) is -0.190. The van der Waals surface area contributed by atoms with Crippen molar-refractivity contribution in [2.75, 3.05) is 12.9 Å². The lowest BCUT2D eigenvalue weighted by atomic mass is 10.0. The molecule has 1 saturated heterocycles. The van der Waals surface area contributed by atoms with Gasteiger partial charge in [-0.3, -0.25) is 14.5 Å². The summed E-state index contributed by atoms with van der Waals surface area (Å²) < 4.78 is 4.99. The predicted molar refractivity (Wildman–Crippen MR) is 71.5 cm³/mol. The number of carboxylic acids is 1. The molecule has 112 valence electrons. The lowest BCUT2D eigenvalue weighted by Gasteiger charge is -2.49. The van der Waals surface area contributed by atoms with Crippen LogP contribution in [-0.4, -0.2) is 52.1 Å². The summed E-state index contributed by atoms with van der Waals surface area (Å²) in [6.07, 6.45) is 0. The summed E-state index contributed by atoms with van der Waals surface area (Å²) in [5, 5.41) is 19.9. The Hall–Kier alpha value is -2.21. The van der Waals surface area contributed by atoms with Gasteiger partial charge < -0.3 is 15.2 Å². The fraction of sp³-hybridized carbons (Fsp3) is 0.500. The molecule has 0 spiro atoms. The van der Waals surface area contributed by atoms with Gasteiger partial charge in [-0.25, -0.2) is 4.79 Å². The largest absolute Gasteiger partial charge is 0.498 e. The third kappa shape index (κ3) is 2.42. The molecule has 0 aromatic heterocycles. The van der Waals surface area contributed by atoms with Crippen molar-refractivity contribution in [3.05, 3.63) is 11.5 Å². The van der Waals surface area contributed by atoms with Crippen LogP contribution in [-0.2, 0) is 19.1 Å². The predicted octanol–water partition coefficient (Wildman–Crippen LogP) is -0.511. The molecule has 0 aliphatic carbocycles. The van der Waals surface area contributed by atoms with Crippen LogP contribution in [0.1, 0.15) is 6.92 Å². The molecule has 1 unspecified atom stereocenters. The van der Waals surface area contributed by atoms with Crippen molar-refractivity contribution in [2.24, 2.45) is 5.92 Å². The van der Waals surface area contributed by atoms with Gasteiger partial charge in [0.25, 0.3) is 5.91 Å². The fourth-order valence-corrected chi connectivity index (χ4v) is 3.40. The number of amides is 2. The molecule has 21 heavy (non-hydrogen) atoms. The Labute approximate surface area is 124 Å². The van der Waals surface area contributed by atoms with E-state index in [1.807, 2.05) is 0 Å². The van der Waals surface area contributed by atoms with Crippen LogP contribution < -0.4 is 5.32 Å². The first-order valence-corrected chi connectivity index (χ1v) is 7.12. The van der Waals surface area contributed by atoms with Gasteiger partial charge in [0, 0.05) is 0 Å². The standard InChI is InChI=1S/C12H13N3O5S/c1-5(3-13)9(16)14-7-10(17)15-8(12(18)19)6(20-2)4-21-11(7)15/h5,7,11H,4H2,1-2H3,(H,14,16)(H,18,19)/t5?,7-,11-/m1/s1. The number of fused-ring (bicyclic) bond motifs is 1. The zero-order valence-electron chi connectivity index (χ0n) is 11.3. The smallest absolute Gasteiger partial charge is 0.356 e. The number of methoxy groups -OCH3 is 1. The van der Waals surface area contributed by atoms with E-state index in [1.165, 1.54) is 25.8 Å². The Balaban J connectivity index is 2.17. The molecule has 2 N–H and O–H groups in total. The quantitative estimate of drug-likeness (QED) is 0.671. The fourth-order valence-electron chi connectivity index (χ4n) is 2.08. The molecule has 2 rings (SSSR count). The van der Waals surface area contributed by atoms with Gasteiger partial charge in [-0.2, -0.15) is 5.26 Å². The first-order valence-electron chi connectivity index (χ1n) is 6.07. The third-order valence-electron chi connectivity index (χ3n) is 3.27. The summed E-state index contributed by atoms with van der Waals surface area (Å²) in [4.78, 5) is 36.1. The zero-order valence-corrected chi connectivity index (χ0v) is 12.1. The Bertz CT molecular complexity index is 582. The van der Waals surface area contributed by atoms with Crippen molar-refractivity contribution >= 4 is 29.5 Å². The monoisotopic (exact) mass is 311 g/mol. The highest BCUT2D eigenvalue weighted by Crippen LogP contribution is 2.40. The van der Waals surface area contributed by atoms with Gasteiger partial charge >= 0.3 is 5.97 Å². The van der Waals surface area contributed by atoms with E-state index in [0.717, 1.165) is 4.90 Å². The van der Waals surface area contributed by atoms with Crippen molar-refractivity contribution < 1.29 is 24.2 Å². The molecule has 2 heterocycles. The molecule has 0 radical (unpaired) electrons. The van der Waals surface area contributed by atoms with Crippen LogP contribution in [0, 0.1) is 17.2 Å². The number of nitrogens with zero attached hydrogens (tertiary/aromatic N) is 2. The Morgan fingerprint density at radius 3 is 2.81 bits per heavy atom. The molecule has 8 nitrogen and oxygen atoms in total. The number of thioether (sulfide) groups is 1. The van der Waals surface area contributed by atoms with Gasteiger partial charge in [0.05, 0.1) is 18.9 Å². The second-order valence-corrected chi connectivity index (χ2v) is 5.63. The number of hydrogen-bond acceptors (Lipinski definition) is 6. The molecule has 3 atom stereocenters. The number of ether oxygens (including phenoxy) is 1. The van der Waals surface area contributed by atoms with Crippen LogP contribution in [0.5, 0.6) is 0 Å². The number of rotatable bonds is 4. The second-order valence-electron chi connectivity index (χ2n) is 4.53. The maximum atomic E-state index is 12.1. The first-order chi connectivity index (χ1) is 9.92. The van der Waals surface area contributed by atoms with Crippen LogP contribution in [0.15, 0.2) is 11.5 Å². The molecular weight excluding hydrogens is 298 g/mol. The van der Waals surface area contributed by atoms with Crippen molar-refractivity contribution in [2.45, 2.75) is 18.3 Å². The van der Waals surface area contributed by atoms with E-state index >= 15 is 0 Å². The van der Waals surface area contributed by atoms with Gasteiger partial charge in [0.2, 0.25) is 5.91 Å². The van der Waals surface area contributed by atoms with E-state index in [-0.39, 0.29) is 11.5 Å². The number of carboxylic acid groups (broad SMARTS) is 1. The maximum Gasteiger partial charge on any atom is 0.356 e. The van der Waals surface area contributed by atoms with E-state index in [4.69, 9.17) is 10.00 Å². The van der Waals surface area contributed by atoms with E-state index in [1.54, 1.807) is 6.07 Å². The number of carbonyl (C=O) groups is 3. The van der Waals surface area contributed by atoms with E-state index in [2.05, 4.69) is 5.32 Å². The second kappa shape index (κ2) is 5.65. The summed E-state index contributed by atoms with van der Waals surface area (Å²) >= 11 is 1.30. The average Bonchev–Trinajstić information content (AvgIpc) is 2.49. The molecule has 9 heteroatoms. The average molecular weight is 311 g/mol. The number of carbonyl (C=O) groups excluding carboxylic acids is 2. The molecule has 2 amide bonds. The van der Waals surface area contributed by atoms with Gasteiger partial charge in [-0.1, -0.05) is 0 Å². The minimum atomic E-state index is -1.25. The Morgan fingerprint density at radius 1 is 1.62 bits per heavy atom. The van der Waals surface area contributed by atoms with Crippen LogP contribution in [0.4, 0.5) is 0 Å². The molecule has 0 saturated carbocycles. The lowest BCUT2D eigenvalue weighted by molar-refractivity contribution is -0.151. The molecule has 0 bridgehead atoms. The molecule has 1 fully saturated rings. The number of nitriles is 1. The maximum absolute atomic E-state index is 12.1. The minimum absolute atomic E-state index is 0.190. The van der Waals surface area contributed by atoms with Crippen molar-refractivity contribution in [3.8, 4) is 6.07 Å². The van der Waals surface area contributed by atoms with Gasteiger partial charge in [-0.05, 0) is 6.92 Å². The molecule has 2 aliphatic heterocycles. The highest BCUT2D eigenvalue weighted by Gasteiger charge is 2.54. The number of hydrogen-bond donors (Lipinski definition) is 2. The zero-order chi connectivity index (χ0) is 15.7. The van der Waals surface area contributed by atoms with Gasteiger partial charge in [0.1, 0.15) is 23.1 Å². The van der Waals surface area contributed by atoms with Gasteiger partial charge in [0.15, 0.2) is 5.70 Å². The van der Waals surface area contributed by atoms with E-state index < -0.39 is 35.1 Å². The van der Waals surface area contributed by atoms with Crippen LogP contribution in [0.25, 0.3) is 0 Å². The first kappa shape index (κ1) is 15.2. The van der Waals surface area contributed by atoms with Crippen molar-refractivity contribution in [1.29, 1.82) is 5.26 Å². The normalized spacial score (nSPS) is 25.4. The molecule has 2 aliphatic rings. The minimum Gasteiger partial charge on any atom is -0.498 e. The van der Waals surface area contributed by atoms with E-state index in [9.17, 15) is 19.5 Å². The summed E-state index contributed by atoms with van der Waals surface area (Å²) in [6.45, 7) is 1.43. The highest BCUT2D eigenvalue weighted by atomic mass is 32.2. The number of aliphatic carboxylic acids is 1. The SMILES string of the molecule is COC1=C(C(=O)O)N2C(=O)[C@@H](NC(=O)C(C)C#N)[C@H]2SC1. The summed E-state index contributed by atoms with van der Waals surface area (Å²) in [5.74, 6) is -2.67. The summed E-state index contributed by atoms with van der Waals surface area (Å²) in [6, 6.07) is 0.967. The summed E-state index contributed by atoms with van der Waals surface area (Å²) in [7, 11) is 1.34.